The number of halogens is 1. The zero-order chi connectivity index (χ0) is 18.0. The molecular weight excluding hydrogens is 340 g/mol. The van der Waals surface area contributed by atoms with Gasteiger partial charge in [0.1, 0.15) is 5.75 Å². The van der Waals surface area contributed by atoms with Crippen LogP contribution in [0.5, 0.6) is 5.75 Å². The average molecular weight is 357 g/mol. The predicted octanol–water partition coefficient (Wildman–Crippen LogP) is 3.86. The zero-order valence-electron chi connectivity index (χ0n) is 13.8. The Hall–Kier alpha value is -2.79. The molecular formula is C19H17ClN2O3. The standard InChI is InChI=1S/C19H17ClN2O3/c1-11-16(18(23)13-3-7-14(20)8-4-13)17(22-19(24)21-11)12-5-9-15(25-2)10-6-12/h3-10,17H,1-2H3,(H2,21,22,24)/t17-/m0/s1. The van der Waals surface area contributed by atoms with Gasteiger partial charge in [0.05, 0.1) is 13.2 Å². The van der Waals surface area contributed by atoms with Crippen LogP contribution in [0.25, 0.3) is 0 Å². The van der Waals surface area contributed by atoms with E-state index in [1.165, 1.54) is 0 Å². The lowest BCUT2D eigenvalue weighted by molar-refractivity contribution is 0.102. The van der Waals surface area contributed by atoms with Crippen LogP contribution in [0.3, 0.4) is 0 Å². The van der Waals surface area contributed by atoms with Crippen molar-refractivity contribution in [2.24, 2.45) is 0 Å². The largest absolute Gasteiger partial charge is 0.497 e. The van der Waals surface area contributed by atoms with Crippen LogP contribution in [0.4, 0.5) is 4.79 Å². The van der Waals surface area contributed by atoms with Crippen LogP contribution in [-0.2, 0) is 0 Å². The maximum atomic E-state index is 13.0. The molecule has 2 amide bonds. The van der Waals surface area contributed by atoms with Gasteiger partial charge >= 0.3 is 6.03 Å². The number of carbonyl (C=O) groups excluding carboxylic acids is 2. The van der Waals surface area contributed by atoms with Crippen molar-refractivity contribution in [3.8, 4) is 5.75 Å². The maximum absolute atomic E-state index is 13.0. The molecule has 2 aromatic carbocycles. The number of carbonyl (C=O) groups is 2. The number of benzene rings is 2. The highest BCUT2D eigenvalue weighted by molar-refractivity contribution is 6.30. The van der Waals surface area contributed by atoms with Crippen LogP contribution in [0.2, 0.25) is 5.02 Å². The van der Waals surface area contributed by atoms with Crippen molar-refractivity contribution in [3.05, 3.63) is 76.0 Å². The minimum Gasteiger partial charge on any atom is -0.497 e. The van der Waals surface area contributed by atoms with Gasteiger partial charge in [-0.1, -0.05) is 23.7 Å². The summed E-state index contributed by atoms with van der Waals surface area (Å²) in [7, 11) is 1.58. The third-order valence-corrected chi connectivity index (χ3v) is 4.32. The minimum atomic E-state index is -0.539. The molecule has 0 saturated carbocycles. The van der Waals surface area contributed by atoms with Crippen molar-refractivity contribution in [2.45, 2.75) is 13.0 Å². The summed E-state index contributed by atoms with van der Waals surface area (Å²) in [5, 5.41) is 6.05. The monoisotopic (exact) mass is 356 g/mol. The summed E-state index contributed by atoms with van der Waals surface area (Å²) in [5.41, 5.74) is 2.33. The molecule has 0 fully saturated rings. The Bertz CT molecular complexity index is 842. The van der Waals surface area contributed by atoms with Gasteiger partial charge in [0.15, 0.2) is 5.78 Å². The molecule has 0 spiro atoms. The van der Waals surface area contributed by atoms with Crippen molar-refractivity contribution >= 4 is 23.4 Å². The fourth-order valence-electron chi connectivity index (χ4n) is 2.80. The summed E-state index contributed by atoms with van der Waals surface area (Å²) < 4.78 is 5.16. The summed E-state index contributed by atoms with van der Waals surface area (Å²) in [5.74, 6) is 0.540. The van der Waals surface area contributed by atoms with E-state index in [4.69, 9.17) is 16.3 Å². The molecule has 2 N–H and O–H groups in total. The van der Waals surface area contributed by atoms with E-state index in [2.05, 4.69) is 10.6 Å². The molecule has 0 saturated heterocycles. The quantitative estimate of drug-likeness (QED) is 0.817. The molecule has 0 aromatic heterocycles. The third-order valence-electron chi connectivity index (χ3n) is 4.07. The predicted molar refractivity (Wildman–Crippen MR) is 95.9 cm³/mol. The highest BCUT2D eigenvalue weighted by Crippen LogP contribution is 2.30. The summed E-state index contributed by atoms with van der Waals surface area (Å²) in [6.07, 6.45) is 0. The van der Waals surface area contributed by atoms with E-state index < -0.39 is 6.04 Å². The number of methoxy groups -OCH3 is 1. The molecule has 128 valence electrons. The summed E-state index contributed by atoms with van der Waals surface area (Å²) in [6.45, 7) is 1.72. The van der Waals surface area contributed by atoms with E-state index >= 15 is 0 Å². The van der Waals surface area contributed by atoms with Crippen molar-refractivity contribution in [2.75, 3.05) is 7.11 Å². The second kappa shape index (κ2) is 6.99. The molecule has 1 aliphatic heterocycles. The summed E-state index contributed by atoms with van der Waals surface area (Å²) >= 11 is 5.90. The van der Waals surface area contributed by atoms with Crippen molar-refractivity contribution in [3.63, 3.8) is 0 Å². The highest BCUT2D eigenvalue weighted by Gasteiger charge is 2.31. The molecule has 0 bridgehead atoms. The normalized spacial score (nSPS) is 16.9. The Kier molecular flexibility index (Phi) is 4.76. The molecule has 1 aliphatic rings. The number of amides is 2. The number of ketones is 1. The van der Waals surface area contributed by atoms with Crippen molar-refractivity contribution < 1.29 is 14.3 Å². The zero-order valence-corrected chi connectivity index (χ0v) is 14.6. The van der Waals surface area contributed by atoms with Crippen LogP contribution in [-0.4, -0.2) is 18.9 Å². The molecule has 3 rings (SSSR count). The molecule has 1 heterocycles. The Morgan fingerprint density at radius 1 is 1.08 bits per heavy atom. The van der Waals surface area contributed by atoms with Gasteiger partial charge < -0.3 is 15.4 Å². The van der Waals surface area contributed by atoms with E-state index in [1.54, 1.807) is 50.4 Å². The van der Waals surface area contributed by atoms with E-state index in [1.807, 2.05) is 12.1 Å². The Morgan fingerprint density at radius 3 is 2.32 bits per heavy atom. The first-order valence-electron chi connectivity index (χ1n) is 7.72. The number of hydrogen-bond acceptors (Lipinski definition) is 3. The molecule has 1 atom stereocenters. The molecule has 2 aromatic rings. The first kappa shape index (κ1) is 17.0. The van der Waals surface area contributed by atoms with Crippen LogP contribution in [0, 0.1) is 0 Å². The molecule has 0 aliphatic carbocycles. The van der Waals surface area contributed by atoms with E-state index in [0.717, 1.165) is 5.56 Å². The Morgan fingerprint density at radius 2 is 1.72 bits per heavy atom. The number of hydrogen-bond donors (Lipinski definition) is 2. The maximum Gasteiger partial charge on any atom is 0.319 e. The van der Waals surface area contributed by atoms with Crippen molar-refractivity contribution in [1.82, 2.24) is 10.6 Å². The molecule has 5 nitrogen and oxygen atoms in total. The van der Waals surface area contributed by atoms with Gasteiger partial charge in [0.25, 0.3) is 0 Å². The van der Waals surface area contributed by atoms with E-state index in [0.29, 0.717) is 27.6 Å². The number of rotatable bonds is 4. The molecule has 0 unspecified atom stereocenters. The smallest absolute Gasteiger partial charge is 0.319 e. The third kappa shape index (κ3) is 3.51. The lowest BCUT2D eigenvalue weighted by Gasteiger charge is -2.28. The van der Waals surface area contributed by atoms with Gasteiger partial charge in [-0.15, -0.1) is 0 Å². The lowest BCUT2D eigenvalue weighted by atomic mass is 9.89. The second-order valence-electron chi connectivity index (χ2n) is 5.68. The van der Waals surface area contributed by atoms with E-state index in [-0.39, 0.29) is 11.8 Å². The van der Waals surface area contributed by atoms with Crippen LogP contribution >= 0.6 is 11.6 Å². The molecule has 25 heavy (non-hydrogen) atoms. The Labute approximate surface area is 150 Å². The first-order chi connectivity index (χ1) is 12.0. The lowest BCUT2D eigenvalue weighted by Crippen LogP contribution is -2.45. The first-order valence-corrected chi connectivity index (χ1v) is 8.10. The summed E-state index contributed by atoms with van der Waals surface area (Å²) in [6, 6.07) is 13.1. The highest BCUT2D eigenvalue weighted by atomic mass is 35.5. The molecule has 0 radical (unpaired) electrons. The number of ether oxygens (including phenoxy) is 1. The van der Waals surface area contributed by atoms with Crippen molar-refractivity contribution in [1.29, 1.82) is 0 Å². The number of allylic oxidation sites excluding steroid dienone is 1. The topological polar surface area (TPSA) is 67.4 Å². The minimum absolute atomic E-state index is 0.164. The summed E-state index contributed by atoms with van der Waals surface area (Å²) in [4.78, 5) is 24.9. The van der Waals surface area contributed by atoms with Gasteiger partial charge in [0, 0.05) is 21.9 Å². The van der Waals surface area contributed by atoms with E-state index in [9.17, 15) is 9.59 Å². The fourth-order valence-corrected chi connectivity index (χ4v) is 2.92. The fraction of sp³-hybridized carbons (Fsp3) is 0.158. The number of Topliss-reactive ketones (excluding diaryl/α,β-unsaturated/α-hetero) is 1. The van der Waals surface area contributed by atoms with Crippen LogP contribution in [0.15, 0.2) is 59.8 Å². The second-order valence-corrected chi connectivity index (χ2v) is 6.12. The van der Waals surface area contributed by atoms with Gasteiger partial charge in [0.2, 0.25) is 0 Å². The van der Waals surface area contributed by atoms with Crippen LogP contribution in [0.1, 0.15) is 28.9 Å². The van der Waals surface area contributed by atoms with Gasteiger partial charge in [-0.25, -0.2) is 4.79 Å². The van der Waals surface area contributed by atoms with Crippen LogP contribution < -0.4 is 15.4 Å². The Balaban J connectivity index is 2.02. The van der Waals surface area contributed by atoms with Gasteiger partial charge in [-0.05, 0) is 48.9 Å². The average Bonchev–Trinajstić information content (AvgIpc) is 2.61. The number of nitrogens with one attached hydrogen (secondary N) is 2. The van der Waals surface area contributed by atoms with Gasteiger partial charge in [-0.3, -0.25) is 4.79 Å². The number of urea groups is 1. The SMILES string of the molecule is COc1ccc([C@@H]2NC(=O)NC(C)=C2C(=O)c2ccc(Cl)cc2)cc1. The van der Waals surface area contributed by atoms with Gasteiger partial charge in [-0.2, -0.15) is 0 Å². The molecule has 6 heteroatoms.